The van der Waals surface area contributed by atoms with Crippen LogP contribution in [0.4, 0.5) is 8.78 Å². The molecule has 0 amide bonds. The van der Waals surface area contributed by atoms with Crippen molar-refractivity contribution in [1.29, 1.82) is 0 Å². The summed E-state index contributed by atoms with van der Waals surface area (Å²) in [5.41, 5.74) is 4.81. The zero-order valence-electron chi connectivity index (χ0n) is 18.9. The molecule has 0 heterocycles. The number of benzene rings is 3. The minimum Gasteiger partial charge on any atom is -0.203 e. The van der Waals surface area contributed by atoms with E-state index in [0.717, 1.165) is 47.9 Å². The molecule has 0 radical (unpaired) electrons. The van der Waals surface area contributed by atoms with Crippen molar-refractivity contribution < 1.29 is 8.78 Å². The highest BCUT2D eigenvalue weighted by atomic mass is 19.2. The molecular weight excluding hydrogens is 386 g/mol. The summed E-state index contributed by atoms with van der Waals surface area (Å²) in [6.45, 7) is 4.29. The van der Waals surface area contributed by atoms with Crippen molar-refractivity contribution >= 4 is 0 Å². The van der Waals surface area contributed by atoms with Crippen molar-refractivity contribution in [3.05, 3.63) is 83.4 Å². The quantitative estimate of drug-likeness (QED) is 0.271. The third-order valence-corrected chi connectivity index (χ3v) is 6.00. The lowest BCUT2D eigenvalue weighted by atomic mass is 9.92. The Labute approximate surface area is 186 Å². The third kappa shape index (κ3) is 6.03. The average Bonchev–Trinajstić information content (AvgIpc) is 2.81. The van der Waals surface area contributed by atoms with Crippen LogP contribution < -0.4 is 0 Å². The van der Waals surface area contributed by atoms with Gasteiger partial charge in [-0.2, -0.15) is 0 Å². The standard InChI is InChI=1S/C29H34F2/c1-3-5-6-7-8-12-16-26-25(13-4-2)21-27(29(31)28(26)30)24-19-17-23(18-20-24)22-14-10-9-11-15-22/h9-11,14-15,17-21H,3-8,12-13,16H2,1-2H3. The van der Waals surface area contributed by atoms with Crippen LogP contribution in [0, 0.1) is 11.6 Å². The maximum absolute atomic E-state index is 15.1. The number of hydrogen-bond acceptors (Lipinski definition) is 0. The highest BCUT2D eigenvalue weighted by Gasteiger charge is 2.19. The molecule has 0 aliphatic rings. The third-order valence-electron chi connectivity index (χ3n) is 6.00. The van der Waals surface area contributed by atoms with Crippen LogP contribution in [0.1, 0.15) is 69.9 Å². The number of aryl methyl sites for hydroxylation is 1. The molecule has 31 heavy (non-hydrogen) atoms. The second-order valence-electron chi connectivity index (χ2n) is 8.40. The van der Waals surface area contributed by atoms with E-state index in [9.17, 15) is 0 Å². The molecule has 2 heteroatoms. The Morgan fingerprint density at radius 1 is 0.581 bits per heavy atom. The first-order chi connectivity index (χ1) is 15.2. The molecule has 3 rings (SSSR count). The Balaban J connectivity index is 1.82. The minimum absolute atomic E-state index is 0.368. The maximum atomic E-state index is 15.1. The molecule has 0 aliphatic heterocycles. The molecule has 0 saturated heterocycles. The lowest BCUT2D eigenvalue weighted by Crippen LogP contribution is -2.04. The van der Waals surface area contributed by atoms with Gasteiger partial charge in [-0.25, -0.2) is 8.78 Å². The molecule has 0 atom stereocenters. The van der Waals surface area contributed by atoms with Gasteiger partial charge in [0.2, 0.25) is 0 Å². The Morgan fingerprint density at radius 2 is 1.19 bits per heavy atom. The van der Waals surface area contributed by atoms with Crippen molar-refractivity contribution in [3.63, 3.8) is 0 Å². The van der Waals surface area contributed by atoms with Crippen LogP contribution in [0.25, 0.3) is 22.3 Å². The van der Waals surface area contributed by atoms with Gasteiger partial charge in [0.05, 0.1) is 0 Å². The van der Waals surface area contributed by atoms with Crippen LogP contribution in [0.5, 0.6) is 0 Å². The molecule has 0 aliphatic carbocycles. The van der Waals surface area contributed by atoms with E-state index in [-0.39, 0.29) is 0 Å². The van der Waals surface area contributed by atoms with E-state index in [1.165, 1.54) is 25.7 Å². The summed E-state index contributed by atoms with van der Waals surface area (Å²) in [5, 5.41) is 0. The highest BCUT2D eigenvalue weighted by Crippen LogP contribution is 2.32. The number of halogens is 2. The van der Waals surface area contributed by atoms with Gasteiger partial charge in [0.1, 0.15) is 0 Å². The van der Waals surface area contributed by atoms with Gasteiger partial charge in [0.25, 0.3) is 0 Å². The van der Waals surface area contributed by atoms with Gasteiger partial charge < -0.3 is 0 Å². The van der Waals surface area contributed by atoms with Crippen LogP contribution in [0.15, 0.2) is 60.7 Å². The van der Waals surface area contributed by atoms with Gasteiger partial charge in [-0.05, 0) is 53.1 Å². The van der Waals surface area contributed by atoms with Gasteiger partial charge in [-0.15, -0.1) is 0 Å². The molecular formula is C29H34F2. The Bertz CT molecular complexity index is 943. The first-order valence-corrected chi connectivity index (χ1v) is 11.8. The topological polar surface area (TPSA) is 0 Å². The van der Waals surface area contributed by atoms with Crippen LogP contribution in [0.2, 0.25) is 0 Å². The smallest absolute Gasteiger partial charge is 0.166 e. The maximum Gasteiger partial charge on any atom is 0.166 e. The van der Waals surface area contributed by atoms with Crippen molar-refractivity contribution in [3.8, 4) is 22.3 Å². The summed E-state index contributed by atoms with van der Waals surface area (Å²) in [6.07, 6.45) is 9.18. The fraction of sp³-hybridized carbons (Fsp3) is 0.379. The molecule has 0 unspecified atom stereocenters. The zero-order valence-corrected chi connectivity index (χ0v) is 18.9. The second kappa shape index (κ2) is 11.8. The number of hydrogen-bond donors (Lipinski definition) is 0. The molecule has 0 spiro atoms. The fourth-order valence-electron chi connectivity index (χ4n) is 4.24. The van der Waals surface area contributed by atoms with Gasteiger partial charge in [0.15, 0.2) is 11.6 Å². The fourth-order valence-corrected chi connectivity index (χ4v) is 4.24. The number of rotatable bonds is 11. The largest absolute Gasteiger partial charge is 0.203 e. The van der Waals surface area contributed by atoms with Crippen LogP contribution in [0.3, 0.4) is 0 Å². The van der Waals surface area contributed by atoms with Crippen molar-refractivity contribution in [2.75, 3.05) is 0 Å². The monoisotopic (exact) mass is 420 g/mol. The van der Waals surface area contributed by atoms with E-state index in [1.54, 1.807) is 0 Å². The van der Waals surface area contributed by atoms with E-state index in [2.05, 4.69) is 13.8 Å². The molecule has 0 fully saturated rings. The molecule has 164 valence electrons. The van der Waals surface area contributed by atoms with Crippen molar-refractivity contribution in [2.45, 2.75) is 71.6 Å². The van der Waals surface area contributed by atoms with Crippen LogP contribution in [-0.4, -0.2) is 0 Å². The molecule has 0 saturated carbocycles. The summed E-state index contributed by atoms with van der Waals surface area (Å²) in [7, 11) is 0. The van der Waals surface area contributed by atoms with E-state index >= 15 is 8.78 Å². The summed E-state index contributed by atoms with van der Waals surface area (Å²) in [4.78, 5) is 0. The molecule has 3 aromatic rings. The number of unbranched alkanes of at least 4 members (excludes halogenated alkanes) is 5. The van der Waals surface area contributed by atoms with Crippen molar-refractivity contribution in [2.24, 2.45) is 0 Å². The lowest BCUT2D eigenvalue weighted by molar-refractivity contribution is 0.494. The Hall–Kier alpha value is -2.48. The van der Waals surface area contributed by atoms with E-state index in [1.807, 2.05) is 60.7 Å². The van der Waals surface area contributed by atoms with Crippen LogP contribution in [-0.2, 0) is 12.8 Å². The highest BCUT2D eigenvalue weighted by molar-refractivity contribution is 5.71. The second-order valence-corrected chi connectivity index (χ2v) is 8.40. The van der Waals surface area contributed by atoms with Crippen molar-refractivity contribution in [1.82, 2.24) is 0 Å². The Morgan fingerprint density at radius 3 is 1.87 bits per heavy atom. The van der Waals surface area contributed by atoms with E-state index in [0.29, 0.717) is 17.5 Å². The van der Waals surface area contributed by atoms with Gasteiger partial charge in [-0.3, -0.25) is 0 Å². The first-order valence-electron chi connectivity index (χ1n) is 11.8. The minimum atomic E-state index is -0.715. The lowest BCUT2D eigenvalue weighted by Gasteiger charge is -2.15. The SMILES string of the molecule is CCCCCCCCc1c(CCC)cc(-c2ccc(-c3ccccc3)cc2)c(F)c1F. The van der Waals surface area contributed by atoms with Gasteiger partial charge in [-0.1, -0.05) is 107 Å². The van der Waals surface area contributed by atoms with Crippen LogP contribution >= 0.6 is 0 Å². The molecule has 0 bridgehead atoms. The normalized spacial score (nSPS) is 11.1. The zero-order chi connectivity index (χ0) is 22.1. The van der Waals surface area contributed by atoms with E-state index < -0.39 is 11.6 Å². The Kier molecular flexibility index (Phi) is 8.82. The summed E-state index contributed by atoms with van der Waals surface area (Å²) >= 11 is 0. The molecule has 0 aromatic heterocycles. The molecule has 0 N–H and O–H groups in total. The molecule has 0 nitrogen and oxygen atoms in total. The summed E-state index contributed by atoms with van der Waals surface area (Å²) in [6, 6.07) is 19.7. The van der Waals surface area contributed by atoms with E-state index in [4.69, 9.17) is 0 Å². The molecule has 3 aromatic carbocycles. The first kappa shape index (κ1) is 23.2. The predicted octanol–water partition coefficient (Wildman–Crippen LogP) is 9.15. The summed E-state index contributed by atoms with van der Waals surface area (Å²) < 4.78 is 30.2. The summed E-state index contributed by atoms with van der Waals surface area (Å²) in [5.74, 6) is -1.37. The average molecular weight is 421 g/mol. The van der Waals surface area contributed by atoms with Gasteiger partial charge >= 0.3 is 0 Å². The predicted molar refractivity (Wildman–Crippen MR) is 128 cm³/mol. The van der Waals surface area contributed by atoms with Gasteiger partial charge in [0, 0.05) is 5.56 Å².